The van der Waals surface area contributed by atoms with Crippen molar-refractivity contribution in [3.05, 3.63) is 58.3 Å². The van der Waals surface area contributed by atoms with Gasteiger partial charge in [-0.25, -0.2) is 13.4 Å². The predicted octanol–water partition coefficient (Wildman–Crippen LogP) is 2.97. The Morgan fingerprint density at radius 1 is 1.34 bits per heavy atom. The topological polar surface area (TPSA) is 92.5 Å². The van der Waals surface area contributed by atoms with Gasteiger partial charge in [-0.1, -0.05) is 6.07 Å². The Morgan fingerprint density at radius 2 is 2.21 bits per heavy atom. The number of carbonyl (C=O) groups is 1. The first-order valence-electron chi connectivity index (χ1n) is 9.24. The van der Waals surface area contributed by atoms with E-state index >= 15 is 0 Å². The van der Waals surface area contributed by atoms with E-state index in [2.05, 4.69) is 10.3 Å². The smallest absolute Gasteiger partial charge is 0.232 e. The minimum absolute atomic E-state index is 0.114. The lowest BCUT2D eigenvalue weighted by Crippen LogP contribution is -2.34. The van der Waals surface area contributed by atoms with E-state index in [0.717, 1.165) is 40.4 Å². The molecule has 0 saturated heterocycles. The molecule has 7 nitrogen and oxygen atoms in total. The normalized spacial score (nSPS) is 13.9. The average molecular weight is 432 g/mol. The average Bonchev–Trinajstić information content (AvgIpc) is 3.37. The Bertz CT molecular complexity index is 1120. The van der Waals surface area contributed by atoms with Crippen LogP contribution >= 0.6 is 11.3 Å². The molecule has 0 fully saturated rings. The molecule has 1 aromatic carbocycles. The van der Waals surface area contributed by atoms with E-state index in [1.165, 1.54) is 21.9 Å². The van der Waals surface area contributed by atoms with Crippen LogP contribution in [-0.2, 0) is 34.2 Å². The van der Waals surface area contributed by atoms with E-state index in [-0.39, 0.29) is 12.3 Å². The summed E-state index contributed by atoms with van der Waals surface area (Å²) in [6.45, 7) is 0.866. The molecule has 9 heteroatoms. The van der Waals surface area contributed by atoms with E-state index < -0.39 is 10.0 Å². The molecule has 2 aromatic heterocycles. The van der Waals surface area contributed by atoms with Gasteiger partial charge in [0, 0.05) is 17.5 Å². The number of furan rings is 1. The number of aryl methyl sites for hydroxylation is 1. The zero-order chi connectivity index (χ0) is 20.4. The van der Waals surface area contributed by atoms with Crippen molar-refractivity contribution in [1.82, 2.24) is 10.3 Å². The lowest BCUT2D eigenvalue weighted by Gasteiger charge is -2.29. The molecule has 0 bridgehead atoms. The summed E-state index contributed by atoms with van der Waals surface area (Å²) in [7, 11) is -3.28. The van der Waals surface area contributed by atoms with Gasteiger partial charge in [0.15, 0.2) is 0 Å². The molecule has 0 radical (unpaired) electrons. The molecule has 1 aliphatic rings. The van der Waals surface area contributed by atoms with Gasteiger partial charge < -0.3 is 9.73 Å². The number of rotatable bonds is 6. The summed E-state index contributed by atoms with van der Waals surface area (Å²) in [6.07, 6.45) is 4.64. The number of amides is 1. The molecule has 4 rings (SSSR count). The van der Waals surface area contributed by atoms with Crippen molar-refractivity contribution in [3.63, 3.8) is 0 Å². The van der Waals surface area contributed by atoms with Crippen LogP contribution in [0.4, 0.5) is 5.69 Å². The van der Waals surface area contributed by atoms with Crippen molar-refractivity contribution in [1.29, 1.82) is 0 Å². The van der Waals surface area contributed by atoms with Gasteiger partial charge in [0.25, 0.3) is 0 Å². The highest BCUT2D eigenvalue weighted by Crippen LogP contribution is 2.33. The second kappa shape index (κ2) is 8.00. The summed E-state index contributed by atoms with van der Waals surface area (Å²) >= 11 is 1.44. The standard InChI is InChI=1S/C20H21N3O4S2/c1-29(25,26)23-8-2-4-15-10-14(6-7-18(15)23)17-13-28-20(22-17)11-19(24)21-12-16-5-3-9-27-16/h3,5-7,9-10,13H,2,4,8,11-12H2,1H3,(H,21,24). The van der Waals surface area contributed by atoms with E-state index in [1.807, 2.05) is 29.6 Å². The summed E-state index contributed by atoms with van der Waals surface area (Å²) in [4.78, 5) is 16.7. The highest BCUT2D eigenvalue weighted by molar-refractivity contribution is 7.92. The van der Waals surface area contributed by atoms with Crippen LogP contribution in [0.15, 0.2) is 46.4 Å². The number of carbonyl (C=O) groups excluding carboxylic acids is 1. The summed E-state index contributed by atoms with van der Waals surface area (Å²) in [5.41, 5.74) is 3.47. The number of hydrogen-bond donors (Lipinski definition) is 1. The van der Waals surface area contributed by atoms with Gasteiger partial charge in [-0.3, -0.25) is 9.10 Å². The van der Waals surface area contributed by atoms with Crippen molar-refractivity contribution in [2.45, 2.75) is 25.8 Å². The van der Waals surface area contributed by atoms with E-state index in [9.17, 15) is 13.2 Å². The fourth-order valence-electron chi connectivity index (χ4n) is 3.39. The van der Waals surface area contributed by atoms with Crippen molar-refractivity contribution in [2.75, 3.05) is 17.1 Å². The molecular formula is C20H21N3O4S2. The molecule has 0 spiro atoms. The molecule has 3 heterocycles. The van der Waals surface area contributed by atoms with Gasteiger partial charge in [0.2, 0.25) is 15.9 Å². The number of fused-ring (bicyclic) bond motifs is 1. The van der Waals surface area contributed by atoms with Crippen LogP contribution in [0.25, 0.3) is 11.3 Å². The highest BCUT2D eigenvalue weighted by Gasteiger charge is 2.24. The van der Waals surface area contributed by atoms with Crippen molar-refractivity contribution in [2.24, 2.45) is 0 Å². The molecule has 0 aliphatic carbocycles. The van der Waals surface area contributed by atoms with Gasteiger partial charge in [0.1, 0.15) is 10.8 Å². The minimum Gasteiger partial charge on any atom is -0.467 e. The first-order chi connectivity index (χ1) is 13.9. The van der Waals surface area contributed by atoms with Crippen molar-refractivity contribution in [3.8, 4) is 11.3 Å². The van der Waals surface area contributed by atoms with Crippen molar-refractivity contribution < 1.29 is 17.6 Å². The summed E-state index contributed by atoms with van der Waals surface area (Å²) in [6, 6.07) is 9.33. The molecular weight excluding hydrogens is 410 g/mol. The first kappa shape index (κ1) is 19.7. The Labute approximate surface area is 173 Å². The van der Waals surface area contributed by atoms with Gasteiger partial charge >= 0.3 is 0 Å². The third kappa shape index (κ3) is 4.51. The summed E-state index contributed by atoms with van der Waals surface area (Å²) < 4.78 is 30.7. The van der Waals surface area contributed by atoms with Crippen LogP contribution in [0, 0.1) is 0 Å². The van der Waals surface area contributed by atoms with Crippen LogP contribution in [0.2, 0.25) is 0 Å². The Morgan fingerprint density at radius 3 is 2.97 bits per heavy atom. The number of aromatic nitrogens is 1. The van der Waals surface area contributed by atoms with Crippen LogP contribution in [0.1, 0.15) is 22.8 Å². The highest BCUT2D eigenvalue weighted by atomic mass is 32.2. The number of nitrogens with zero attached hydrogens (tertiary/aromatic N) is 2. The molecule has 0 saturated carbocycles. The minimum atomic E-state index is -3.28. The molecule has 3 aromatic rings. The van der Waals surface area contributed by atoms with Crippen LogP contribution in [0.5, 0.6) is 0 Å². The monoisotopic (exact) mass is 431 g/mol. The molecule has 1 N–H and O–H groups in total. The Kier molecular flexibility index (Phi) is 5.42. The quantitative estimate of drug-likeness (QED) is 0.648. The van der Waals surface area contributed by atoms with Crippen molar-refractivity contribution >= 4 is 33.0 Å². The Hall–Kier alpha value is -2.65. The number of benzene rings is 1. The van der Waals surface area contributed by atoms with Gasteiger partial charge in [0.05, 0.1) is 36.9 Å². The Balaban J connectivity index is 1.46. The fraction of sp³-hybridized carbons (Fsp3) is 0.300. The SMILES string of the molecule is CS(=O)(=O)N1CCCc2cc(-c3csc(CC(=O)NCc4ccco4)n3)ccc21. The van der Waals surface area contributed by atoms with Gasteiger partial charge in [-0.2, -0.15) is 0 Å². The third-order valence-electron chi connectivity index (χ3n) is 4.76. The third-order valence-corrected chi connectivity index (χ3v) is 6.78. The maximum absolute atomic E-state index is 12.1. The zero-order valence-corrected chi connectivity index (χ0v) is 17.6. The molecule has 0 atom stereocenters. The number of thiazole rings is 1. The van der Waals surface area contributed by atoms with E-state index in [1.54, 1.807) is 12.3 Å². The number of sulfonamides is 1. The maximum Gasteiger partial charge on any atom is 0.232 e. The summed E-state index contributed by atoms with van der Waals surface area (Å²) in [5, 5.41) is 5.47. The molecule has 152 valence electrons. The molecule has 1 amide bonds. The van der Waals surface area contributed by atoms with Crippen LogP contribution in [0.3, 0.4) is 0 Å². The van der Waals surface area contributed by atoms with E-state index in [0.29, 0.717) is 18.8 Å². The lowest BCUT2D eigenvalue weighted by molar-refractivity contribution is -0.120. The lowest BCUT2D eigenvalue weighted by atomic mass is 10.00. The largest absolute Gasteiger partial charge is 0.467 e. The number of hydrogen-bond acceptors (Lipinski definition) is 6. The first-order valence-corrected chi connectivity index (χ1v) is 12.0. The second-order valence-corrected chi connectivity index (χ2v) is 9.79. The fourth-order valence-corrected chi connectivity index (χ4v) is 5.19. The van der Waals surface area contributed by atoms with E-state index in [4.69, 9.17) is 4.42 Å². The molecule has 1 aliphatic heterocycles. The second-order valence-electron chi connectivity index (χ2n) is 6.94. The predicted molar refractivity (Wildman–Crippen MR) is 112 cm³/mol. The van der Waals surface area contributed by atoms with Gasteiger partial charge in [-0.05, 0) is 42.7 Å². The summed E-state index contributed by atoms with van der Waals surface area (Å²) in [5.74, 6) is 0.590. The zero-order valence-electron chi connectivity index (χ0n) is 15.9. The molecule has 29 heavy (non-hydrogen) atoms. The molecule has 0 unspecified atom stereocenters. The number of anilines is 1. The maximum atomic E-state index is 12.1. The number of nitrogens with one attached hydrogen (secondary N) is 1. The van der Waals surface area contributed by atoms with Gasteiger partial charge in [-0.15, -0.1) is 11.3 Å². The van der Waals surface area contributed by atoms with Crippen LogP contribution in [-0.4, -0.2) is 32.1 Å². The van der Waals surface area contributed by atoms with Crippen LogP contribution < -0.4 is 9.62 Å².